The third kappa shape index (κ3) is 4.42. The minimum Gasteiger partial charge on any atom is -0.504 e. The molecule has 5 rings (SSSR count). The summed E-state index contributed by atoms with van der Waals surface area (Å²) in [6.45, 7) is 4.55. The molecule has 0 saturated carbocycles. The number of nitrogens with zero attached hydrogens (tertiary/aromatic N) is 2. The van der Waals surface area contributed by atoms with Crippen LogP contribution in [0, 0.1) is 6.92 Å². The fourth-order valence-electron chi connectivity index (χ4n) is 4.98. The summed E-state index contributed by atoms with van der Waals surface area (Å²) in [6, 6.07) is 16.1. The molecule has 7 nitrogen and oxygen atoms in total. The summed E-state index contributed by atoms with van der Waals surface area (Å²) in [6.07, 6.45) is 6.40. The molecule has 0 aliphatic carbocycles. The zero-order valence-corrected chi connectivity index (χ0v) is 21.7. The number of aryl methyl sites for hydroxylation is 2. The third-order valence-corrected chi connectivity index (χ3v) is 8.71. The number of pyridine rings is 2. The third-order valence-electron chi connectivity index (χ3n) is 6.90. The van der Waals surface area contributed by atoms with Crippen molar-refractivity contribution in [3.05, 3.63) is 94.2 Å². The molecule has 190 valence electrons. The van der Waals surface area contributed by atoms with Crippen LogP contribution in [-0.2, 0) is 22.7 Å². The number of sulfone groups is 1. The van der Waals surface area contributed by atoms with Crippen molar-refractivity contribution in [3.8, 4) is 16.9 Å². The number of H-pyrrole nitrogens is 1. The van der Waals surface area contributed by atoms with Crippen LogP contribution in [0.1, 0.15) is 36.6 Å². The average Bonchev–Trinajstić information content (AvgIpc) is 3.31. The summed E-state index contributed by atoms with van der Waals surface area (Å²) in [7, 11) is -4.31. The van der Waals surface area contributed by atoms with Crippen LogP contribution in [0.4, 0.5) is 11.4 Å². The highest BCUT2D eigenvalue weighted by molar-refractivity contribution is 7.91. The first kappa shape index (κ1) is 24.8. The van der Waals surface area contributed by atoms with Gasteiger partial charge in [-0.05, 0) is 72.7 Å². The van der Waals surface area contributed by atoms with Crippen LogP contribution in [0.15, 0.2) is 81.6 Å². The highest BCUT2D eigenvalue weighted by atomic mass is 32.2. The van der Waals surface area contributed by atoms with E-state index in [1.807, 2.05) is 49.1 Å². The topological polar surface area (TPSA) is 103 Å². The van der Waals surface area contributed by atoms with Crippen molar-refractivity contribution in [1.82, 2.24) is 9.97 Å². The van der Waals surface area contributed by atoms with Gasteiger partial charge in [0.2, 0.25) is 9.84 Å². The maximum absolute atomic E-state index is 13.7. The smallest absolute Gasteiger partial charge is 0.271 e. The first-order valence-corrected chi connectivity index (χ1v) is 13.9. The fourth-order valence-corrected chi connectivity index (χ4v) is 6.36. The Morgan fingerprint density at radius 3 is 2.57 bits per heavy atom. The van der Waals surface area contributed by atoms with Crippen LogP contribution in [0.3, 0.4) is 0 Å². The van der Waals surface area contributed by atoms with E-state index in [2.05, 4.69) is 9.97 Å². The maximum atomic E-state index is 13.7. The molecule has 0 saturated heterocycles. The summed E-state index contributed by atoms with van der Waals surface area (Å²) in [5.74, 6) is -0.499. The van der Waals surface area contributed by atoms with Gasteiger partial charge >= 0.3 is 0 Å². The normalized spacial score (nSPS) is 13.1. The predicted molar refractivity (Wildman–Crippen MR) is 144 cm³/mol. The molecular weight excluding hydrogens is 486 g/mol. The molecule has 0 bridgehead atoms. The lowest BCUT2D eigenvalue weighted by atomic mass is 10.0. The number of hydrogen-bond acceptors (Lipinski definition) is 6. The number of rotatable bonds is 7. The van der Waals surface area contributed by atoms with Crippen LogP contribution < -0.4 is 10.5 Å². The maximum Gasteiger partial charge on any atom is 0.271 e. The Bertz CT molecular complexity index is 1630. The molecule has 0 unspecified atom stereocenters. The molecule has 1 aliphatic heterocycles. The van der Waals surface area contributed by atoms with Gasteiger partial charge in [0.25, 0.3) is 5.56 Å². The SMILES string of the molecule is CCCCc1[nH]c(=O)c(S(=O)(=O)c2ccc(-c3ccncc3C)cc2)c(O)c1N1CCc2ccccc21. The Morgan fingerprint density at radius 1 is 1.08 bits per heavy atom. The standard InChI is InChI=1S/C29H29N3O4S/c1-3-4-8-24-26(32-17-15-21-7-5-6-9-25(21)32)27(33)28(29(34)31-24)37(35,36)22-12-10-20(11-13-22)23-14-16-30-18-19(23)2/h5-7,9-14,16,18H,3-4,8,15,17H2,1-2H3,(H2,31,33,34). The van der Waals surface area contributed by atoms with Crippen LogP contribution in [-0.4, -0.2) is 30.0 Å². The van der Waals surface area contributed by atoms with Crippen molar-refractivity contribution >= 4 is 21.2 Å². The Hall–Kier alpha value is -3.91. The summed E-state index contributed by atoms with van der Waals surface area (Å²) in [5.41, 5.74) is 4.85. The molecule has 3 heterocycles. The van der Waals surface area contributed by atoms with Crippen LogP contribution in [0.5, 0.6) is 5.75 Å². The van der Waals surface area contributed by atoms with E-state index in [4.69, 9.17) is 0 Å². The number of anilines is 2. The largest absolute Gasteiger partial charge is 0.504 e. The lowest BCUT2D eigenvalue weighted by Crippen LogP contribution is -2.24. The van der Waals surface area contributed by atoms with E-state index >= 15 is 0 Å². The molecule has 0 spiro atoms. The van der Waals surface area contributed by atoms with Crippen molar-refractivity contribution in [1.29, 1.82) is 0 Å². The van der Waals surface area contributed by atoms with E-state index in [0.717, 1.165) is 47.2 Å². The Morgan fingerprint density at radius 2 is 1.84 bits per heavy atom. The summed E-state index contributed by atoms with van der Waals surface area (Å²) < 4.78 is 27.4. The van der Waals surface area contributed by atoms with Gasteiger partial charge in [-0.3, -0.25) is 9.78 Å². The van der Waals surface area contributed by atoms with Crippen LogP contribution in [0.2, 0.25) is 0 Å². The molecule has 2 N–H and O–H groups in total. The number of aromatic hydroxyl groups is 1. The molecule has 37 heavy (non-hydrogen) atoms. The van der Waals surface area contributed by atoms with E-state index in [9.17, 15) is 18.3 Å². The molecule has 4 aromatic rings. The number of benzene rings is 2. The van der Waals surface area contributed by atoms with Gasteiger partial charge in [-0.25, -0.2) is 8.42 Å². The van der Waals surface area contributed by atoms with E-state index in [0.29, 0.717) is 24.3 Å². The van der Waals surface area contributed by atoms with Gasteiger partial charge in [-0.15, -0.1) is 0 Å². The van der Waals surface area contributed by atoms with Crippen molar-refractivity contribution < 1.29 is 13.5 Å². The number of para-hydroxylation sites is 1. The summed E-state index contributed by atoms with van der Waals surface area (Å²) in [4.78, 5) is 21.3. The lowest BCUT2D eigenvalue weighted by molar-refractivity contribution is 0.454. The van der Waals surface area contributed by atoms with Gasteiger partial charge < -0.3 is 15.0 Å². The van der Waals surface area contributed by atoms with Crippen molar-refractivity contribution in [2.24, 2.45) is 0 Å². The quantitative estimate of drug-likeness (QED) is 0.345. The highest BCUT2D eigenvalue weighted by Gasteiger charge is 2.33. The average molecular weight is 516 g/mol. The second-order valence-electron chi connectivity index (χ2n) is 9.31. The molecule has 8 heteroatoms. The zero-order chi connectivity index (χ0) is 26.2. The molecule has 1 aliphatic rings. The number of aromatic amines is 1. The number of nitrogens with one attached hydrogen (secondary N) is 1. The molecule has 0 radical (unpaired) electrons. The van der Waals surface area contributed by atoms with Crippen molar-refractivity contribution in [2.45, 2.75) is 49.3 Å². The molecule has 2 aromatic carbocycles. The van der Waals surface area contributed by atoms with Gasteiger partial charge in [0, 0.05) is 30.3 Å². The highest BCUT2D eigenvalue weighted by Crippen LogP contribution is 2.43. The Balaban J connectivity index is 1.63. The lowest BCUT2D eigenvalue weighted by Gasteiger charge is -2.25. The first-order valence-electron chi connectivity index (χ1n) is 12.4. The van der Waals surface area contributed by atoms with Crippen LogP contribution in [0.25, 0.3) is 11.1 Å². The Labute approximate surface area is 216 Å². The van der Waals surface area contributed by atoms with Gasteiger partial charge in [-0.2, -0.15) is 0 Å². The Kier molecular flexibility index (Phi) is 6.60. The van der Waals surface area contributed by atoms with E-state index in [1.54, 1.807) is 24.5 Å². The van der Waals surface area contributed by atoms with E-state index in [-0.39, 0.29) is 4.90 Å². The van der Waals surface area contributed by atoms with E-state index in [1.165, 1.54) is 12.1 Å². The molecule has 0 amide bonds. The van der Waals surface area contributed by atoms with E-state index < -0.39 is 26.0 Å². The second kappa shape index (κ2) is 9.86. The summed E-state index contributed by atoms with van der Waals surface area (Å²) in [5, 5.41) is 11.5. The number of aromatic nitrogens is 2. The second-order valence-corrected chi connectivity index (χ2v) is 11.2. The van der Waals surface area contributed by atoms with Gasteiger partial charge in [-0.1, -0.05) is 43.7 Å². The van der Waals surface area contributed by atoms with Crippen molar-refractivity contribution in [2.75, 3.05) is 11.4 Å². The van der Waals surface area contributed by atoms with Gasteiger partial charge in [0.1, 0.15) is 5.69 Å². The zero-order valence-electron chi connectivity index (χ0n) is 20.9. The van der Waals surface area contributed by atoms with Gasteiger partial charge in [0.15, 0.2) is 10.6 Å². The molecule has 0 atom stereocenters. The number of unbranched alkanes of at least 4 members (excludes halogenated alkanes) is 1. The van der Waals surface area contributed by atoms with Crippen LogP contribution >= 0.6 is 0 Å². The number of hydrogen-bond donors (Lipinski definition) is 2. The summed E-state index contributed by atoms with van der Waals surface area (Å²) >= 11 is 0. The minimum absolute atomic E-state index is 0.0576. The number of fused-ring (bicyclic) bond motifs is 1. The predicted octanol–water partition coefficient (Wildman–Crippen LogP) is 5.32. The van der Waals surface area contributed by atoms with Crippen molar-refractivity contribution in [3.63, 3.8) is 0 Å². The molecule has 0 fully saturated rings. The molecular formula is C29H29N3O4S. The monoisotopic (exact) mass is 515 g/mol. The van der Waals surface area contributed by atoms with Gasteiger partial charge in [0.05, 0.1) is 4.90 Å². The minimum atomic E-state index is -4.31. The molecule has 2 aromatic heterocycles. The fraction of sp³-hybridized carbons (Fsp3) is 0.241. The first-order chi connectivity index (χ1) is 17.8.